The molecule has 1 saturated carbocycles. The molecule has 1 fully saturated rings. The molecule has 8 nitrogen and oxygen atoms in total. The maximum atomic E-state index is 13.5. The zero-order valence-corrected chi connectivity index (χ0v) is 28.1. The van der Waals surface area contributed by atoms with Crippen LogP contribution in [-0.4, -0.2) is 62.8 Å². The van der Waals surface area contributed by atoms with E-state index >= 15 is 0 Å². The summed E-state index contributed by atoms with van der Waals surface area (Å²) in [5.41, 5.74) is 1.15. The third-order valence-electron chi connectivity index (χ3n) is 9.92. The topological polar surface area (TPSA) is 105 Å². The molecule has 0 radical (unpaired) electrons. The van der Waals surface area contributed by atoms with Crippen molar-refractivity contribution in [2.75, 3.05) is 31.2 Å². The molecule has 3 aliphatic rings. The lowest BCUT2D eigenvalue weighted by atomic mass is 9.64. The Morgan fingerprint density at radius 1 is 1.13 bits per heavy atom. The fraction of sp³-hybridized carbons (Fsp3) is 0.559. The van der Waals surface area contributed by atoms with E-state index in [-0.39, 0.29) is 24.5 Å². The number of benzene rings is 2. The Morgan fingerprint density at radius 3 is 2.62 bits per heavy atom. The number of alkyl halides is 3. The van der Waals surface area contributed by atoms with Crippen LogP contribution in [0.25, 0.3) is 0 Å². The Bertz CT molecular complexity index is 1590. The van der Waals surface area contributed by atoms with Gasteiger partial charge in [0, 0.05) is 23.7 Å². The minimum Gasteiger partial charge on any atom is -0.487 e. The number of fused-ring (bicyclic) bond motifs is 3. The minimum absolute atomic E-state index is 0.137. The number of ether oxygens (including phenoxy) is 2. The van der Waals surface area contributed by atoms with Crippen molar-refractivity contribution in [2.24, 2.45) is 17.8 Å². The highest BCUT2D eigenvalue weighted by Gasteiger charge is 2.49. The number of rotatable bonds is 3. The van der Waals surface area contributed by atoms with Gasteiger partial charge in [0.05, 0.1) is 17.5 Å². The number of amides is 1. The highest BCUT2D eigenvalue weighted by molar-refractivity contribution is 7.90. The number of nitrogens with zero attached hydrogens (tertiary/aromatic N) is 1. The summed E-state index contributed by atoms with van der Waals surface area (Å²) >= 11 is 6.29. The second-order valence-electron chi connectivity index (χ2n) is 13.0. The number of aryl methyl sites for hydroxylation is 1. The molecular formula is C34H42ClF3N2O6S. The van der Waals surface area contributed by atoms with Gasteiger partial charge in [-0.05, 0) is 105 Å². The van der Waals surface area contributed by atoms with Crippen LogP contribution in [0.1, 0.15) is 67.4 Å². The van der Waals surface area contributed by atoms with E-state index in [0.717, 1.165) is 30.4 Å². The number of hydrogen-bond acceptors (Lipinski definition) is 7. The van der Waals surface area contributed by atoms with Gasteiger partial charge in [-0.3, -0.25) is 4.79 Å². The zero-order valence-electron chi connectivity index (χ0n) is 26.6. The van der Waals surface area contributed by atoms with Gasteiger partial charge in [-0.15, -0.1) is 0 Å². The summed E-state index contributed by atoms with van der Waals surface area (Å²) in [5.74, 6) is -1.36. The number of carbonyl (C=O) groups is 1. The highest BCUT2D eigenvalue weighted by atomic mass is 35.5. The first-order chi connectivity index (χ1) is 22.2. The van der Waals surface area contributed by atoms with Crippen molar-refractivity contribution >= 4 is 33.2 Å². The second kappa shape index (κ2) is 14.4. The molecule has 2 aliphatic heterocycles. The Labute approximate surface area is 279 Å². The SMILES string of the molecule is C[C@@H]1[C@@H](C)C/C=C/[C@](CO)(OCC(F)(F)F)[C@@H]2CC[C@H]2CN2CCCCc3cc(Cl)ccc3COc3ccc(cc32)C(=O)NS1(=O)=O. The summed E-state index contributed by atoms with van der Waals surface area (Å²) < 4.78 is 81.0. The normalized spacial score (nSPS) is 29.2. The highest BCUT2D eigenvalue weighted by Crippen LogP contribution is 2.47. The molecule has 2 N–H and O–H groups in total. The Morgan fingerprint density at radius 2 is 1.91 bits per heavy atom. The third-order valence-corrected chi connectivity index (χ3v) is 12.1. The first-order valence-electron chi connectivity index (χ1n) is 16.1. The van der Waals surface area contributed by atoms with E-state index in [1.165, 1.54) is 19.1 Å². The van der Waals surface area contributed by atoms with Crippen LogP contribution in [0.15, 0.2) is 48.6 Å². The van der Waals surface area contributed by atoms with Gasteiger partial charge in [-0.2, -0.15) is 13.2 Å². The van der Waals surface area contributed by atoms with Gasteiger partial charge >= 0.3 is 6.18 Å². The molecule has 47 heavy (non-hydrogen) atoms. The number of anilines is 1. The molecule has 0 aromatic heterocycles. The van der Waals surface area contributed by atoms with Gasteiger partial charge in [0.15, 0.2) is 0 Å². The average molecular weight is 699 g/mol. The van der Waals surface area contributed by atoms with Crippen molar-refractivity contribution in [3.05, 3.63) is 70.3 Å². The zero-order chi connectivity index (χ0) is 34.0. The van der Waals surface area contributed by atoms with Crippen LogP contribution in [-0.2, 0) is 27.8 Å². The van der Waals surface area contributed by atoms with E-state index in [1.54, 1.807) is 31.2 Å². The van der Waals surface area contributed by atoms with Crippen molar-refractivity contribution < 1.29 is 41.0 Å². The maximum absolute atomic E-state index is 13.5. The first-order valence-corrected chi connectivity index (χ1v) is 18.0. The van der Waals surface area contributed by atoms with Crippen LogP contribution in [0.5, 0.6) is 5.75 Å². The molecule has 2 aromatic rings. The van der Waals surface area contributed by atoms with Crippen LogP contribution < -0.4 is 14.4 Å². The number of nitrogens with one attached hydrogen (secondary N) is 1. The lowest BCUT2D eigenvalue weighted by Gasteiger charge is -2.49. The van der Waals surface area contributed by atoms with Crippen molar-refractivity contribution in [1.29, 1.82) is 0 Å². The largest absolute Gasteiger partial charge is 0.487 e. The Hall–Kier alpha value is -2.80. The number of halogens is 4. The summed E-state index contributed by atoms with van der Waals surface area (Å²) in [4.78, 5) is 15.4. The molecule has 2 heterocycles. The Balaban J connectivity index is 1.58. The quantitative estimate of drug-likeness (QED) is 0.356. The van der Waals surface area contributed by atoms with Gasteiger partial charge in [0.2, 0.25) is 10.0 Å². The molecule has 258 valence electrons. The molecule has 5 rings (SSSR count). The molecule has 13 heteroatoms. The molecule has 5 atom stereocenters. The minimum atomic E-state index is -4.61. The molecule has 2 bridgehead atoms. The van der Waals surface area contributed by atoms with Crippen LogP contribution in [0.4, 0.5) is 18.9 Å². The van der Waals surface area contributed by atoms with Gasteiger partial charge in [-0.1, -0.05) is 36.7 Å². The van der Waals surface area contributed by atoms with E-state index in [1.807, 2.05) is 12.1 Å². The fourth-order valence-corrected chi connectivity index (χ4v) is 8.24. The van der Waals surface area contributed by atoms with E-state index in [4.69, 9.17) is 21.1 Å². The molecule has 2 aromatic carbocycles. The predicted molar refractivity (Wildman–Crippen MR) is 174 cm³/mol. The van der Waals surface area contributed by atoms with E-state index in [9.17, 15) is 31.5 Å². The summed E-state index contributed by atoms with van der Waals surface area (Å²) in [6.45, 7) is 2.16. The molecule has 0 spiro atoms. The van der Waals surface area contributed by atoms with Crippen molar-refractivity contribution in [3.63, 3.8) is 0 Å². The van der Waals surface area contributed by atoms with E-state index in [2.05, 4.69) is 9.62 Å². The Kier molecular flexibility index (Phi) is 10.8. The number of allylic oxidation sites excluding steroid dienone is 1. The monoisotopic (exact) mass is 698 g/mol. The molecular weight excluding hydrogens is 657 g/mol. The molecule has 0 unspecified atom stereocenters. The van der Waals surface area contributed by atoms with Crippen LogP contribution in [0.3, 0.4) is 0 Å². The number of carbonyl (C=O) groups excluding carboxylic acids is 1. The van der Waals surface area contributed by atoms with Gasteiger partial charge in [-0.25, -0.2) is 13.1 Å². The number of aliphatic hydroxyl groups excluding tert-OH is 1. The third kappa shape index (κ3) is 8.26. The second-order valence-corrected chi connectivity index (χ2v) is 15.5. The summed E-state index contributed by atoms with van der Waals surface area (Å²) in [7, 11) is -4.13. The van der Waals surface area contributed by atoms with Crippen LogP contribution in [0.2, 0.25) is 5.02 Å². The fourth-order valence-electron chi connectivity index (χ4n) is 6.76. The number of sulfonamides is 1. The van der Waals surface area contributed by atoms with Crippen LogP contribution in [0, 0.1) is 17.8 Å². The standard InChI is InChI=1S/C34H42ClF3N2O6S/c1-22-6-5-14-33(20-41,46-21-34(36,37)38)29-12-9-26(29)18-40-15-4-3-7-24-16-28(35)11-8-27(24)19-45-31-13-10-25(17-30(31)40)32(42)39-47(43,44)23(22)2/h5,8,10-11,13-14,16-17,22-23,26,29,41H,3-4,6-7,9,12,15,18-21H2,1-2H3,(H,39,42)/b14-5+/t22-,23+,26-,29+,33+/m0/s1. The van der Waals surface area contributed by atoms with Crippen molar-refractivity contribution in [1.82, 2.24) is 4.72 Å². The van der Waals surface area contributed by atoms with Gasteiger partial charge in [0.25, 0.3) is 5.91 Å². The first kappa shape index (κ1) is 35.5. The van der Waals surface area contributed by atoms with Crippen molar-refractivity contribution in [2.45, 2.75) is 76.0 Å². The van der Waals surface area contributed by atoms with Crippen molar-refractivity contribution in [3.8, 4) is 5.75 Å². The predicted octanol–water partition coefficient (Wildman–Crippen LogP) is 6.44. The molecule has 1 aliphatic carbocycles. The molecule has 0 saturated heterocycles. The summed E-state index contributed by atoms with van der Waals surface area (Å²) in [6, 6.07) is 10.5. The van der Waals surface area contributed by atoms with E-state index < -0.39 is 58.0 Å². The maximum Gasteiger partial charge on any atom is 0.411 e. The lowest BCUT2D eigenvalue weighted by Crippen LogP contribution is -2.54. The smallest absolute Gasteiger partial charge is 0.411 e. The average Bonchev–Trinajstić information content (AvgIpc) is 3.03. The summed E-state index contributed by atoms with van der Waals surface area (Å²) in [5, 5.41) is 10.2. The number of aliphatic hydroxyl groups is 1. The van der Waals surface area contributed by atoms with Crippen LogP contribution >= 0.6 is 11.6 Å². The summed E-state index contributed by atoms with van der Waals surface area (Å²) in [6.07, 6.45) is 2.24. The molecule has 1 amide bonds. The van der Waals surface area contributed by atoms with Gasteiger partial charge in [0.1, 0.15) is 24.6 Å². The van der Waals surface area contributed by atoms with E-state index in [0.29, 0.717) is 42.4 Å². The van der Waals surface area contributed by atoms with Gasteiger partial charge < -0.3 is 19.5 Å². The lowest BCUT2D eigenvalue weighted by molar-refractivity contribution is -0.221. The number of hydrogen-bond donors (Lipinski definition) is 2.